The molecule has 1 aliphatic carbocycles. The zero-order valence-corrected chi connectivity index (χ0v) is 13.7. The van der Waals surface area contributed by atoms with Gasteiger partial charge in [-0.3, -0.25) is 0 Å². The molecule has 2 heterocycles. The fraction of sp³-hybridized carbons (Fsp3) is 0.190. The number of fused-ring (bicyclic) bond motifs is 4. The molecule has 4 heteroatoms. The lowest BCUT2D eigenvalue weighted by Crippen LogP contribution is -2.31. The maximum Gasteiger partial charge on any atom is 0.226 e. The molecule has 2 atom stereocenters. The van der Waals surface area contributed by atoms with Crippen molar-refractivity contribution in [3.63, 3.8) is 0 Å². The van der Waals surface area contributed by atoms with Gasteiger partial charge in [-0.25, -0.2) is 14.5 Å². The molecular formula is C21H18N3O+. The standard InChI is InChI=1S/C21H18N3O/c25-21-15-9-3-2-8-14(15)18-19(20(21)24-12-6-1-7-13-24)23-17-11-5-4-10-16(17)22-18/h1-6,8-12,20-21,25H,7,13H2/q+1. The Kier molecular flexibility index (Phi) is 3.25. The lowest BCUT2D eigenvalue weighted by molar-refractivity contribution is -0.581. The lowest BCUT2D eigenvalue weighted by atomic mass is 9.85. The van der Waals surface area contributed by atoms with Crippen molar-refractivity contribution in [1.29, 1.82) is 0 Å². The third-order valence-corrected chi connectivity index (χ3v) is 5.04. The van der Waals surface area contributed by atoms with Crippen molar-refractivity contribution in [1.82, 2.24) is 9.97 Å². The molecule has 0 fully saturated rings. The number of benzene rings is 2. The average molecular weight is 328 g/mol. The molecule has 5 rings (SSSR count). The van der Waals surface area contributed by atoms with E-state index in [0.717, 1.165) is 46.5 Å². The third-order valence-electron chi connectivity index (χ3n) is 5.04. The second-order valence-corrected chi connectivity index (χ2v) is 6.53. The summed E-state index contributed by atoms with van der Waals surface area (Å²) < 4.78 is 2.18. The van der Waals surface area contributed by atoms with Crippen molar-refractivity contribution < 1.29 is 9.68 Å². The highest BCUT2D eigenvalue weighted by Crippen LogP contribution is 2.44. The maximum absolute atomic E-state index is 11.1. The van der Waals surface area contributed by atoms with Gasteiger partial charge in [-0.1, -0.05) is 42.5 Å². The summed E-state index contributed by atoms with van der Waals surface area (Å²) in [4.78, 5) is 9.82. The van der Waals surface area contributed by atoms with Gasteiger partial charge in [0.15, 0.2) is 6.21 Å². The van der Waals surface area contributed by atoms with Gasteiger partial charge in [0.25, 0.3) is 0 Å². The van der Waals surface area contributed by atoms with Crippen molar-refractivity contribution in [3.05, 3.63) is 71.9 Å². The molecule has 2 aliphatic rings. The number of aliphatic hydroxyl groups is 1. The normalized spacial score (nSPS) is 21.6. The van der Waals surface area contributed by atoms with Gasteiger partial charge in [-0.15, -0.1) is 0 Å². The molecule has 0 radical (unpaired) electrons. The first-order chi connectivity index (χ1) is 12.3. The molecule has 2 unspecified atom stereocenters. The number of para-hydroxylation sites is 2. The second-order valence-electron chi connectivity index (χ2n) is 6.53. The minimum Gasteiger partial charge on any atom is -0.381 e. The molecule has 1 aliphatic heterocycles. The first-order valence-corrected chi connectivity index (χ1v) is 8.63. The van der Waals surface area contributed by atoms with Crippen LogP contribution in [0.1, 0.15) is 29.8 Å². The molecule has 0 bridgehead atoms. The van der Waals surface area contributed by atoms with Crippen LogP contribution >= 0.6 is 0 Å². The first-order valence-electron chi connectivity index (χ1n) is 8.63. The summed E-state index contributed by atoms with van der Waals surface area (Å²) in [6.45, 7) is 0.869. The van der Waals surface area contributed by atoms with Crippen LogP contribution in [0.2, 0.25) is 0 Å². The van der Waals surface area contributed by atoms with Crippen molar-refractivity contribution in [2.75, 3.05) is 6.54 Å². The number of allylic oxidation sites excluding steroid dienone is 1. The zero-order valence-electron chi connectivity index (χ0n) is 13.7. The van der Waals surface area contributed by atoms with Crippen molar-refractivity contribution >= 4 is 17.2 Å². The van der Waals surface area contributed by atoms with Crippen LogP contribution in [0.25, 0.3) is 22.3 Å². The molecule has 4 nitrogen and oxygen atoms in total. The highest BCUT2D eigenvalue weighted by atomic mass is 16.3. The van der Waals surface area contributed by atoms with Crippen LogP contribution in [0.15, 0.2) is 60.7 Å². The van der Waals surface area contributed by atoms with Crippen LogP contribution in [0, 0.1) is 0 Å². The molecule has 3 aromatic rings. The highest BCUT2D eigenvalue weighted by Gasteiger charge is 2.41. The topological polar surface area (TPSA) is 49.0 Å². The van der Waals surface area contributed by atoms with Crippen molar-refractivity contribution in [2.24, 2.45) is 0 Å². The van der Waals surface area contributed by atoms with E-state index in [1.807, 2.05) is 60.8 Å². The van der Waals surface area contributed by atoms with E-state index in [-0.39, 0.29) is 6.04 Å². The van der Waals surface area contributed by atoms with E-state index >= 15 is 0 Å². The second kappa shape index (κ2) is 5.60. The Morgan fingerprint density at radius 1 is 0.960 bits per heavy atom. The summed E-state index contributed by atoms with van der Waals surface area (Å²) in [6, 6.07) is 15.7. The number of aliphatic hydroxyl groups excluding tert-OH is 1. The molecule has 1 N–H and O–H groups in total. The molecule has 0 saturated carbocycles. The van der Waals surface area contributed by atoms with Gasteiger partial charge < -0.3 is 5.11 Å². The lowest BCUT2D eigenvalue weighted by Gasteiger charge is -2.29. The highest BCUT2D eigenvalue weighted by molar-refractivity contribution is 5.80. The third kappa shape index (κ3) is 2.22. The van der Waals surface area contributed by atoms with E-state index in [0.29, 0.717) is 0 Å². The quantitative estimate of drug-likeness (QED) is 0.696. The van der Waals surface area contributed by atoms with E-state index in [1.165, 1.54) is 0 Å². The summed E-state index contributed by atoms with van der Waals surface area (Å²) in [7, 11) is 0. The van der Waals surface area contributed by atoms with Crippen LogP contribution in [-0.4, -0.2) is 32.4 Å². The number of nitrogens with zero attached hydrogens (tertiary/aromatic N) is 3. The van der Waals surface area contributed by atoms with Crippen LogP contribution in [-0.2, 0) is 0 Å². The van der Waals surface area contributed by atoms with E-state index in [4.69, 9.17) is 9.97 Å². The Bertz CT molecular complexity index is 1040. The molecule has 2 aromatic carbocycles. The first kappa shape index (κ1) is 14.5. The zero-order chi connectivity index (χ0) is 16.8. The number of aromatic nitrogens is 2. The summed E-state index contributed by atoms with van der Waals surface area (Å²) in [5.74, 6) is 0. The minimum atomic E-state index is -0.623. The summed E-state index contributed by atoms with van der Waals surface area (Å²) in [5.41, 5.74) is 5.39. The van der Waals surface area contributed by atoms with E-state index < -0.39 is 6.10 Å². The average Bonchev–Trinajstić information content (AvgIpc) is 2.68. The SMILES string of the molecule is OC1c2ccccc2-c2nc3ccccc3nc2C1[N+]1=CC=CCC1. The Labute approximate surface area is 145 Å². The molecular weight excluding hydrogens is 310 g/mol. The monoisotopic (exact) mass is 328 g/mol. The fourth-order valence-corrected chi connectivity index (χ4v) is 3.84. The van der Waals surface area contributed by atoms with Crippen LogP contribution < -0.4 is 0 Å². The number of hydrogen-bond acceptors (Lipinski definition) is 3. The van der Waals surface area contributed by atoms with Gasteiger partial charge in [0, 0.05) is 12.0 Å². The van der Waals surface area contributed by atoms with Gasteiger partial charge in [0.1, 0.15) is 18.3 Å². The predicted molar refractivity (Wildman–Crippen MR) is 97.6 cm³/mol. The Hall–Kier alpha value is -2.85. The Morgan fingerprint density at radius 3 is 2.52 bits per heavy atom. The van der Waals surface area contributed by atoms with Gasteiger partial charge in [-0.2, -0.15) is 0 Å². The molecule has 0 amide bonds. The Morgan fingerprint density at radius 2 is 1.72 bits per heavy atom. The molecule has 122 valence electrons. The molecule has 0 spiro atoms. The van der Waals surface area contributed by atoms with Gasteiger partial charge >= 0.3 is 0 Å². The van der Waals surface area contributed by atoms with Crippen LogP contribution in [0.5, 0.6) is 0 Å². The maximum atomic E-state index is 11.1. The van der Waals surface area contributed by atoms with Gasteiger partial charge in [0.05, 0.1) is 16.7 Å². The van der Waals surface area contributed by atoms with Crippen LogP contribution in [0.3, 0.4) is 0 Å². The van der Waals surface area contributed by atoms with E-state index in [9.17, 15) is 5.11 Å². The molecule has 25 heavy (non-hydrogen) atoms. The molecule has 1 aromatic heterocycles. The number of rotatable bonds is 1. The van der Waals surface area contributed by atoms with Gasteiger partial charge in [0.2, 0.25) is 6.04 Å². The van der Waals surface area contributed by atoms with Crippen LogP contribution in [0.4, 0.5) is 0 Å². The van der Waals surface area contributed by atoms with Crippen molar-refractivity contribution in [2.45, 2.75) is 18.6 Å². The van der Waals surface area contributed by atoms with Gasteiger partial charge in [-0.05, 0) is 23.8 Å². The summed E-state index contributed by atoms with van der Waals surface area (Å²) in [6.07, 6.45) is 6.59. The van der Waals surface area contributed by atoms with E-state index in [2.05, 4.69) is 10.7 Å². The largest absolute Gasteiger partial charge is 0.381 e. The summed E-state index contributed by atoms with van der Waals surface area (Å²) >= 11 is 0. The fourth-order valence-electron chi connectivity index (χ4n) is 3.84. The van der Waals surface area contributed by atoms with Crippen molar-refractivity contribution in [3.8, 4) is 11.3 Å². The minimum absolute atomic E-state index is 0.216. The molecule has 0 saturated heterocycles. The Balaban J connectivity index is 1.82. The predicted octanol–water partition coefficient (Wildman–Crippen LogP) is 3.43. The summed E-state index contributed by atoms with van der Waals surface area (Å²) in [5, 5.41) is 11.1. The number of hydrogen-bond donors (Lipinski definition) is 1. The van der Waals surface area contributed by atoms with E-state index in [1.54, 1.807) is 0 Å². The smallest absolute Gasteiger partial charge is 0.226 e.